The van der Waals surface area contributed by atoms with Gasteiger partial charge in [0.2, 0.25) is 0 Å². The van der Waals surface area contributed by atoms with Crippen molar-refractivity contribution in [2.75, 3.05) is 6.54 Å². The Morgan fingerprint density at radius 3 is 2.95 bits per heavy atom. The molecule has 0 amide bonds. The predicted molar refractivity (Wildman–Crippen MR) is 80.7 cm³/mol. The summed E-state index contributed by atoms with van der Waals surface area (Å²) in [6.07, 6.45) is 0.794. The number of aryl methyl sites for hydroxylation is 1. The van der Waals surface area contributed by atoms with Crippen molar-refractivity contribution in [2.45, 2.75) is 19.5 Å². The molecule has 1 aromatic carbocycles. The van der Waals surface area contributed by atoms with Gasteiger partial charge in [0.05, 0.1) is 11.3 Å². The summed E-state index contributed by atoms with van der Waals surface area (Å²) in [6, 6.07) is 8.60. The fraction of sp³-hybridized carbons (Fsp3) is 0.312. The fourth-order valence-electron chi connectivity index (χ4n) is 2.75. The predicted octanol–water partition coefficient (Wildman–Crippen LogP) is 1.04. The standard InChI is InChI=1S/C16H17N3O3/c1-18-15(20)8-13-10-19(6-5-14(13)17-18)9-11-3-2-4-12(7-11)16(21)22/h2-4,7-8H,5-6,9-10H2,1H3,(H,21,22). The van der Waals surface area contributed by atoms with Gasteiger partial charge in [-0.15, -0.1) is 0 Å². The zero-order chi connectivity index (χ0) is 15.7. The molecule has 3 rings (SSSR count). The van der Waals surface area contributed by atoms with E-state index in [1.54, 1.807) is 31.3 Å². The molecule has 22 heavy (non-hydrogen) atoms. The number of nitrogens with zero attached hydrogens (tertiary/aromatic N) is 3. The summed E-state index contributed by atoms with van der Waals surface area (Å²) in [5.74, 6) is -0.918. The van der Waals surface area contributed by atoms with Crippen molar-refractivity contribution in [1.82, 2.24) is 14.7 Å². The molecular formula is C16H17N3O3. The number of carboxylic acids is 1. The Hall–Kier alpha value is -2.47. The van der Waals surface area contributed by atoms with Gasteiger partial charge in [-0.2, -0.15) is 5.10 Å². The minimum atomic E-state index is -0.918. The second-order valence-electron chi connectivity index (χ2n) is 5.54. The average molecular weight is 299 g/mol. The number of rotatable bonds is 3. The van der Waals surface area contributed by atoms with Crippen LogP contribution in [0, 0.1) is 0 Å². The highest BCUT2D eigenvalue weighted by atomic mass is 16.4. The van der Waals surface area contributed by atoms with E-state index >= 15 is 0 Å². The maximum absolute atomic E-state index is 11.7. The zero-order valence-electron chi connectivity index (χ0n) is 12.3. The topological polar surface area (TPSA) is 75.4 Å². The van der Waals surface area contributed by atoms with Crippen LogP contribution in [-0.2, 0) is 26.6 Å². The van der Waals surface area contributed by atoms with Crippen LogP contribution < -0.4 is 5.56 Å². The van der Waals surface area contributed by atoms with E-state index in [4.69, 9.17) is 5.11 Å². The summed E-state index contributed by atoms with van der Waals surface area (Å²) >= 11 is 0. The highest BCUT2D eigenvalue weighted by molar-refractivity contribution is 5.87. The number of benzene rings is 1. The number of hydrogen-bond donors (Lipinski definition) is 1. The van der Waals surface area contributed by atoms with Gasteiger partial charge < -0.3 is 5.11 Å². The van der Waals surface area contributed by atoms with Crippen molar-refractivity contribution >= 4 is 5.97 Å². The number of carboxylic acid groups (broad SMARTS) is 1. The Bertz CT molecular complexity index is 782. The second-order valence-corrected chi connectivity index (χ2v) is 5.54. The van der Waals surface area contributed by atoms with Crippen molar-refractivity contribution in [3.63, 3.8) is 0 Å². The highest BCUT2D eigenvalue weighted by Crippen LogP contribution is 2.18. The third-order valence-electron chi connectivity index (χ3n) is 3.90. The molecule has 0 atom stereocenters. The molecule has 0 fully saturated rings. The van der Waals surface area contributed by atoms with Crippen LogP contribution in [0.15, 0.2) is 35.1 Å². The molecule has 0 saturated heterocycles. The molecule has 1 N–H and O–H groups in total. The van der Waals surface area contributed by atoms with Crippen LogP contribution in [0.3, 0.4) is 0 Å². The van der Waals surface area contributed by atoms with Crippen LogP contribution in [-0.4, -0.2) is 32.3 Å². The van der Waals surface area contributed by atoms with E-state index < -0.39 is 5.97 Å². The van der Waals surface area contributed by atoms with Crippen LogP contribution in [0.5, 0.6) is 0 Å². The molecule has 0 bridgehead atoms. The molecule has 0 saturated carbocycles. The van der Waals surface area contributed by atoms with E-state index in [1.165, 1.54) is 4.68 Å². The Balaban J connectivity index is 1.78. The summed E-state index contributed by atoms with van der Waals surface area (Å²) in [7, 11) is 1.66. The lowest BCUT2D eigenvalue weighted by molar-refractivity contribution is 0.0696. The highest BCUT2D eigenvalue weighted by Gasteiger charge is 2.19. The van der Waals surface area contributed by atoms with Gasteiger partial charge in [0, 0.05) is 39.2 Å². The zero-order valence-corrected chi connectivity index (χ0v) is 12.3. The van der Waals surface area contributed by atoms with Gasteiger partial charge in [-0.1, -0.05) is 12.1 Å². The maximum atomic E-state index is 11.7. The fourth-order valence-corrected chi connectivity index (χ4v) is 2.75. The van der Waals surface area contributed by atoms with E-state index in [9.17, 15) is 9.59 Å². The van der Waals surface area contributed by atoms with Gasteiger partial charge in [0.15, 0.2) is 0 Å². The average Bonchev–Trinajstić information content (AvgIpc) is 2.49. The summed E-state index contributed by atoms with van der Waals surface area (Å²) in [6.45, 7) is 2.17. The SMILES string of the molecule is Cn1nc2c(cc1=O)CN(Cc1cccc(C(=O)O)c1)CC2. The molecule has 2 aromatic rings. The summed E-state index contributed by atoms with van der Waals surface area (Å²) in [5, 5.41) is 13.3. The molecule has 114 valence electrons. The molecule has 6 nitrogen and oxygen atoms in total. The van der Waals surface area contributed by atoms with Crippen LogP contribution in [0.25, 0.3) is 0 Å². The third kappa shape index (κ3) is 2.92. The van der Waals surface area contributed by atoms with Gasteiger partial charge in [0.1, 0.15) is 0 Å². The molecular weight excluding hydrogens is 282 g/mol. The van der Waals surface area contributed by atoms with E-state index in [1.807, 2.05) is 6.07 Å². The number of aromatic carboxylic acids is 1. The van der Waals surface area contributed by atoms with E-state index in [-0.39, 0.29) is 5.56 Å². The summed E-state index contributed by atoms with van der Waals surface area (Å²) in [5.41, 5.74) is 3.08. The quantitative estimate of drug-likeness (QED) is 0.916. The first-order chi connectivity index (χ1) is 10.5. The molecule has 0 spiro atoms. The Labute approximate surface area is 127 Å². The van der Waals surface area contributed by atoms with Crippen LogP contribution in [0.2, 0.25) is 0 Å². The smallest absolute Gasteiger partial charge is 0.335 e. The van der Waals surface area contributed by atoms with Gasteiger partial charge in [-0.25, -0.2) is 9.48 Å². The lowest BCUT2D eigenvalue weighted by Crippen LogP contribution is -2.34. The Morgan fingerprint density at radius 1 is 1.36 bits per heavy atom. The molecule has 1 aliphatic heterocycles. The molecule has 0 radical (unpaired) electrons. The Morgan fingerprint density at radius 2 is 2.18 bits per heavy atom. The Kier molecular flexibility index (Phi) is 3.77. The van der Waals surface area contributed by atoms with Crippen LogP contribution >= 0.6 is 0 Å². The molecule has 2 heterocycles. The van der Waals surface area contributed by atoms with E-state index in [2.05, 4.69) is 10.00 Å². The molecule has 1 aromatic heterocycles. The largest absolute Gasteiger partial charge is 0.478 e. The van der Waals surface area contributed by atoms with E-state index in [0.29, 0.717) is 18.7 Å². The third-order valence-corrected chi connectivity index (χ3v) is 3.90. The maximum Gasteiger partial charge on any atom is 0.335 e. The summed E-state index contributed by atoms with van der Waals surface area (Å²) < 4.78 is 1.37. The normalized spacial score (nSPS) is 14.6. The molecule has 0 aliphatic carbocycles. The van der Waals surface area contributed by atoms with Crippen molar-refractivity contribution < 1.29 is 9.90 Å². The van der Waals surface area contributed by atoms with Gasteiger partial charge in [-0.05, 0) is 23.3 Å². The minimum absolute atomic E-state index is 0.103. The molecule has 6 heteroatoms. The first-order valence-electron chi connectivity index (χ1n) is 7.13. The second kappa shape index (κ2) is 5.73. The number of hydrogen-bond acceptors (Lipinski definition) is 4. The first-order valence-corrected chi connectivity index (χ1v) is 7.13. The molecule has 1 aliphatic rings. The van der Waals surface area contributed by atoms with Crippen molar-refractivity contribution in [3.05, 3.63) is 63.1 Å². The monoisotopic (exact) mass is 299 g/mol. The van der Waals surface area contributed by atoms with Crippen molar-refractivity contribution in [1.29, 1.82) is 0 Å². The van der Waals surface area contributed by atoms with Gasteiger partial charge in [0.25, 0.3) is 5.56 Å². The number of fused-ring (bicyclic) bond motifs is 1. The van der Waals surface area contributed by atoms with Crippen LogP contribution in [0.1, 0.15) is 27.2 Å². The molecule has 0 unspecified atom stereocenters. The van der Waals surface area contributed by atoms with Crippen molar-refractivity contribution in [2.24, 2.45) is 7.05 Å². The lowest BCUT2D eigenvalue weighted by atomic mass is 10.0. The number of carbonyl (C=O) groups is 1. The summed E-state index contributed by atoms with van der Waals surface area (Å²) in [4.78, 5) is 24.9. The van der Waals surface area contributed by atoms with Gasteiger partial charge >= 0.3 is 5.97 Å². The first kappa shape index (κ1) is 14.5. The lowest BCUT2D eigenvalue weighted by Gasteiger charge is -2.28. The minimum Gasteiger partial charge on any atom is -0.478 e. The van der Waals surface area contributed by atoms with Crippen LogP contribution in [0.4, 0.5) is 0 Å². The number of aromatic nitrogens is 2. The van der Waals surface area contributed by atoms with Gasteiger partial charge in [-0.3, -0.25) is 9.69 Å². The van der Waals surface area contributed by atoms with Crippen molar-refractivity contribution in [3.8, 4) is 0 Å². The van der Waals surface area contributed by atoms with E-state index in [0.717, 1.165) is 29.8 Å².